The molecule has 2 rings (SSSR count). The van der Waals surface area contributed by atoms with Gasteiger partial charge < -0.3 is 10.6 Å². The van der Waals surface area contributed by atoms with E-state index in [9.17, 15) is 18.0 Å². The van der Waals surface area contributed by atoms with Crippen LogP contribution in [0.25, 0.3) is 0 Å². The normalized spacial score (nSPS) is 12.4. The molecule has 12 heteroatoms. The van der Waals surface area contributed by atoms with Crippen LogP contribution in [0.2, 0.25) is 0 Å². The number of amides is 2. The fraction of sp³-hybridized carbons (Fsp3) is 0.286. The van der Waals surface area contributed by atoms with Gasteiger partial charge in [0.05, 0.1) is 10.1 Å². The van der Waals surface area contributed by atoms with E-state index in [4.69, 9.17) is 5.14 Å². The topological polar surface area (TPSA) is 144 Å². The van der Waals surface area contributed by atoms with E-state index in [2.05, 4.69) is 20.8 Å². The minimum atomic E-state index is -3.78. The first-order valence-corrected chi connectivity index (χ1v) is 10.6. The Labute approximate surface area is 158 Å². The molecule has 1 aromatic carbocycles. The lowest BCUT2D eigenvalue weighted by atomic mass is 10.3. The zero-order chi connectivity index (χ0) is 19.3. The van der Waals surface area contributed by atoms with Crippen LogP contribution in [0.3, 0.4) is 0 Å². The lowest BCUT2D eigenvalue weighted by Gasteiger charge is -2.13. The number of nitrogens with one attached hydrogen (secondary N) is 2. The third-order valence-corrected chi connectivity index (χ3v) is 6.26. The molecule has 0 aliphatic heterocycles. The summed E-state index contributed by atoms with van der Waals surface area (Å²) in [5.41, 5.74) is 0.456. The van der Waals surface area contributed by atoms with E-state index in [0.29, 0.717) is 21.6 Å². The molecular formula is C14H17N5O4S3. The number of nitrogens with zero attached hydrogens (tertiary/aromatic N) is 2. The van der Waals surface area contributed by atoms with Crippen molar-refractivity contribution in [3.63, 3.8) is 0 Å². The number of thioether (sulfide) groups is 1. The maximum absolute atomic E-state index is 12.4. The Balaban J connectivity index is 2.02. The van der Waals surface area contributed by atoms with Gasteiger partial charge in [-0.05, 0) is 30.7 Å². The molecule has 0 spiro atoms. The number of primary sulfonamides is 1. The van der Waals surface area contributed by atoms with Crippen LogP contribution in [0.4, 0.5) is 10.8 Å². The average molecular weight is 416 g/mol. The van der Waals surface area contributed by atoms with Gasteiger partial charge in [-0.1, -0.05) is 30.0 Å². The van der Waals surface area contributed by atoms with Crippen molar-refractivity contribution in [2.45, 2.75) is 34.8 Å². The third kappa shape index (κ3) is 5.76. The number of rotatable bonds is 7. The van der Waals surface area contributed by atoms with Crippen LogP contribution in [0.1, 0.15) is 20.3 Å². The number of hydrogen-bond donors (Lipinski definition) is 3. The van der Waals surface area contributed by atoms with E-state index in [1.807, 2.05) is 6.92 Å². The fourth-order valence-electron chi connectivity index (χ4n) is 1.85. The van der Waals surface area contributed by atoms with Gasteiger partial charge >= 0.3 is 0 Å². The Morgan fingerprint density at radius 1 is 1.23 bits per heavy atom. The molecule has 0 bridgehead atoms. The minimum Gasteiger partial charge on any atom is -0.325 e. The highest BCUT2D eigenvalue weighted by Crippen LogP contribution is 2.31. The number of sulfonamides is 1. The molecule has 26 heavy (non-hydrogen) atoms. The zero-order valence-electron chi connectivity index (χ0n) is 13.9. The van der Waals surface area contributed by atoms with Crippen LogP contribution in [0, 0.1) is 0 Å². The van der Waals surface area contributed by atoms with E-state index in [0.717, 1.165) is 0 Å². The molecule has 1 aromatic heterocycles. The SMILES string of the molecule is CC[C@H](Sc1nnc(NC(C)=O)s1)C(=O)Nc1ccc(S(N)(=O)=O)cc1. The summed E-state index contributed by atoms with van der Waals surface area (Å²) in [5, 5.41) is 18.0. The van der Waals surface area contributed by atoms with Gasteiger partial charge in [-0.15, -0.1) is 10.2 Å². The van der Waals surface area contributed by atoms with Crippen molar-refractivity contribution in [3.05, 3.63) is 24.3 Å². The van der Waals surface area contributed by atoms with Crippen molar-refractivity contribution in [1.29, 1.82) is 0 Å². The van der Waals surface area contributed by atoms with Gasteiger partial charge in [0, 0.05) is 12.6 Å². The van der Waals surface area contributed by atoms with E-state index < -0.39 is 15.3 Å². The Hall–Kier alpha value is -2.02. The largest absolute Gasteiger partial charge is 0.325 e. The molecular weight excluding hydrogens is 398 g/mol. The molecule has 0 fully saturated rings. The maximum Gasteiger partial charge on any atom is 0.238 e. The minimum absolute atomic E-state index is 0.0312. The second-order valence-corrected chi connectivity index (χ2v) is 9.12. The van der Waals surface area contributed by atoms with Crippen molar-refractivity contribution < 1.29 is 18.0 Å². The average Bonchev–Trinajstić information content (AvgIpc) is 2.98. The highest BCUT2D eigenvalue weighted by atomic mass is 32.2. The molecule has 2 amide bonds. The summed E-state index contributed by atoms with van der Waals surface area (Å²) in [7, 11) is -3.78. The molecule has 0 saturated heterocycles. The molecule has 4 N–H and O–H groups in total. The first kappa shape index (κ1) is 20.3. The van der Waals surface area contributed by atoms with E-state index in [1.54, 1.807) is 0 Å². The number of nitrogens with two attached hydrogens (primary N) is 1. The molecule has 0 saturated carbocycles. The molecule has 2 aromatic rings. The van der Waals surface area contributed by atoms with Crippen LogP contribution in [-0.2, 0) is 19.6 Å². The van der Waals surface area contributed by atoms with E-state index in [-0.39, 0.29) is 16.7 Å². The monoisotopic (exact) mass is 415 g/mol. The number of anilines is 2. The summed E-state index contributed by atoms with van der Waals surface area (Å²) in [6, 6.07) is 5.58. The quantitative estimate of drug-likeness (QED) is 0.460. The van der Waals surface area contributed by atoms with Crippen LogP contribution in [0.15, 0.2) is 33.5 Å². The van der Waals surface area contributed by atoms with Crippen LogP contribution in [0.5, 0.6) is 0 Å². The lowest BCUT2D eigenvalue weighted by Crippen LogP contribution is -2.24. The smallest absolute Gasteiger partial charge is 0.238 e. The third-order valence-electron chi connectivity index (χ3n) is 3.05. The Bertz CT molecular complexity index is 896. The molecule has 0 aliphatic rings. The lowest BCUT2D eigenvalue weighted by molar-refractivity contribution is -0.116. The fourth-order valence-corrected chi connectivity index (χ4v) is 4.33. The van der Waals surface area contributed by atoms with Gasteiger partial charge in [-0.25, -0.2) is 13.6 Å². The molecule has 0 aliphatic carbocycles. The van der Waals surface area contributed by atoms with Crippen LogP contribution < -0.4 is 15.8 Å². The summed E-state index contributed by atoms with van der Waals surface area (Å²) in [6.07, 6.45) is 0.542. The first-order chi connectivity index (χ1) is 12.2. The van der Waals surface area contributed by atoms with Gasteiger partial charge in [0.25, 0.3) is 0 Å². The summed E-state index contributed by atoms with van der Waals surface area (Å²) >= 11 is 2.42. The molecule has 1 heterocycles. The Morgan fingerprint density at radius 2 is 1.88 bits per heavy atom. The second kappa shape index (κ2) is 8.58. The molecule has 1 atom stereocenters. The van der Waals surface area contributed by atoms with Gasteiger partial charge in [0.15, 0.2) is 4.34 Å². The predicted octanol–water partition coefficient (Wildman–Crippen LogP) is 1.65. The number of aromatic nitrogens is 2. The highest BCUT2D eigenvalue weighted by Gasteiger charge is 2.21. The second-order valence-electron chi connectivity index (χ2n) is 5.13. The standard InChI is InChI=1S/C14H17N5O4S3/c1-3-11(24-14-19-18-13(25-14)16-8(2)20)12(21)17-9-4-6-10(7-5-9)26(15,22)23/h4-7,11H,3H2,1-2H3,(H,17,21)(H2,15,22,23)(H,16,18,20)/t11-/m0/s1. The molecule has 0 radical (unpaired) electrons. The molecule has 0 unspecified atom stereocenters. The maximum atomic E-state index is 12.4. The summed E-state index contributed by atoms with van der Waals surface area (Å²) in [4.78, 5) is 23.4. The Kier molecular flexibility index (Phi) is 6.69. The highest BCUT2D eigenvalue weighted by molar-refractivity contribution is 8.02. The Morgan fingerprint density at radius 3 is 2.42 bits per heavy atom. The van der Waals surface area contributed by atoms with Crippen molar-refractivity contribution in [1.82, 2.24) is 10.2 Å². The summed E-state index contributed by atoms with van der Waals surface area (Å²) in [6.45, 7) is 3.23. The van der Waals surface area contributed by atoms with Crippen LogP contribution >= 0.6 is 23.1 Å². The zero-order valence-corrected chi connectivity index (χ0v) is 16.4. The van der Waals surface area contributed by atoms with Crippen molar-refractivity contribution in [3.8, 4) is 0 Å². The number of carbonyl (C=O) groups excluding carboxylic acids is 2. The number of carbonyl (C=O) groups is 2. The van der Waals surface area contributed by atoms with Crippen molar-refractivity contribution in [2.75, 3.05) is 10.6 Å². The van der Waals surface area contributed by atoms with E-state index in [1.165, 1.54) is 54.3 Å². The van der Waals surface area contributed by atoms with Gasteiger partial charge in [0.2, 0.25) is 27.0 Å². The van der Waals surface area contributed by atoms with E-state index >= 15 is 0 Å². The van der Waals surface area contributed by atoms with Gasteiger partial charge in [-0.2, -0.15) is 0 Å². The number of hydrogen-bond acceptors (Lipinski definition) is 8. The van der Waals surface area contributed by atoms with Crippen LogP contribution in [-0.4, -0.2) is 35.7 Å². The first-order valence-electron chi connectivity index (χ1n) is 7.40. The predicted molar refractivity (Wildman–Crippen MR) is 101 cm³/mol. The summed E-state index contributed by atoms with van der Waals surface area (Å²) < 4.78 is 23.0. The van der Waals surface area contributed by atoms with Gasteiger partial charge in [0.1, 0.15) is 0 Å². The van der Waals surface area contributed by atoms with Gasteiger partial charge in [-0.3, -0.25) is 9.59 Å². The number of benzene rings is 1. The molecule has 9 nitrogen and oxygen atoms in total. The van der Waals surface area contributed by atoms with Crippen molar-refractivity contribution >= 4 is 55.8 Å². The summed E-state index contributed by atoms with van der Waals surface area (Å²) in [5.74, 6) is -0.498. The molecule has 140 valence electrons. The van der Waals surface area contributed by atoms with Crippen molar-refractivity contribution in [2.24, 2.45) is 5.14 Å².